The van der Waals surface area contributed by atoms with Crippen LogP contribution in [-0.4, -0.2) is 23.1 Å². The zero-order chi connectivity index (χ0) is 19.0. The summed E-state index contributed by atoms with van der Waals surface area (Å²) in [6.45, 7) is 1.78. The van der Waals surface area contributed by atoms with Gasteiger partial charge in [0.05, 0.1) is 6.42 Å². The van der Waals surface area contributed by atoms with E-state index in [4.69, 9.17) is 0 Å². The molecule has 2 N–H and O–H groups in total. The lowest BCUT2D eigenvalue weighted by atomic mass is 9.53. The Labute approximate surface area is 168 Å². The number of hydrogen-bond acceptors (Lipinski definition) is 3. The van der Waals surface area contributed by atoms with Gasteiger partial charge in [0.25, 0.3) is 5.91 Å². The number of amides is 2. The minimum Gasteiger partial charge on any atom is -0.350 e. The Balaban J connectivity index is 1.31. The van der Waals surface area contributed by atoms with Crippen LogP contribution in [0.1, 0.15) is 62.2 Å². The third kappa shape index (κ3) is 4.26. The minimum absolute atomic E-state index is 0.0206. The average Bonchev–Trinajstić information content (AvgIpc) is 2.58. The lowest BCUT2D eigenvalue weighted by Gasteiger charge is -2.56. The van der Waals surface area contributed by atoms with Gasteiger partial charge in [-0.15, -0.1) is 0 Å². The summed E-state index contributed by atoms with van der Waals surface area (Å²) in [4.78, 5) is 24.7. The van der Waals surface area contributed by atoms with E-state index < -0.39 is 0 Å². The van der Waals surface area contributed by atoms with Crippen molar-refractivity contribution in [2.24, 2.45) is 22.9 Å². The standard InChI is InChI=1S/C21H26BrN3O2/c1-13(24-25-20(27)17-2-4-18(22)5-3-17)6-19(26)23-21-10-14-7-15(11-21)9-16(8-14)12-21/h2-5,14-16H,6-12H2,1H3,(H,23,26)(H,25,27)/b24-13-. The largest absolute Gasteiger partial charge is 0.350 e. The fourth-order valence-electron chi connectivity index (χ4n) is 5.69. The van der Waals surface area contributed by atoms with Gasteiger partial charge in [-0.3, -0.25) is 9.59 Å². The van der Waals surface area contributed by atoms with Crippen LogP contribution in [0.25, 0.3) is 0 Å². The maximum atomic E-state index is 12.6. The molecule has 144 valence electrons. The summed E-state index contributed by atoms with van der Waals surface area (Å²) in [5, 5.41) is 7.45. The highest BCUT2D eigenvalue weighted by Crippen LogP contribution is 2.55. The quantitative estimate of drug-likeness (QED) is 0.545. The predicted molar refractivity (Wildman–Crippen MR) is 108 cm³/mol. The molecule has 0 radical (unpaired) electrons. The second-order valence-corrected chi connectivity index (χ2v) is 9.63. The van der Waals surface area contributed by atoms with Gasteiger partial charge in [0.2, 0.25) is 5.91 Å². The topological polar surface area (TPSA) is 70.6 Å². The summed E-state index contributed by atoms with van der Waals surface area (Å²) in [7, 11) is 0. The van der Waals surface area contributed by atoms with E-state index in [2.05, 4.69) is 31.8 Å². The summed E-state index contributed by atoms with van der Waals surface area (Å²) in [5.41, 5.74) is 3.71. The molecule has 4 bridgehead atoms. The lowest BCUT2D eigenvalue weighted by Crippen LogP contribution is -2.60. The molecule has 6 heteroatoms. The van der Waals surface area contributed by atoms with Crippen LogP contribution in [0.4, 0.5) is 0 Å². The van der Waals surface area contributed by atoms with Crippen molar-refractivity contribution in [3.8, 4) is 0 Å². The average molecular weight is 432 g/mol. The van der Waals surface area contributed by atoms with Gasteiger partial charge in [0.15, 0.2) is 0 Å². The van der Waals surface area contributed by atoms with Crippen molar-refractivity contribution >= 4 is 33.5 Å². The second kappa shape index (κ2) is 7.38. The first-order valence-corrected chi connectivity index (χ1v) is 10.6. The third-order valence-electron chi connectivity index (χ3n) is 6.31. The molecule has 0 unspecified atom stereocenters. The molecule has 0 atom stereocenters. The van der Waals surface area contributed by atoms with Crippen molar-refractivity contribution in [1.82, 2.24) is 10.7 Å². The Bertz CT molecular complexity index is 737. The minimum atomic E-state index is -0.275. The molecule has 1 aromatic rings. The van der Waals surface area contributed by atoms with Gasteiger partial charge >= 0.3 is 0 Å². The van der Waals surface area contributed by atoms with E-state index in [1.807, 2.05) is 12.1 Å². The Kier molecular flexibility index (Phi) is 5.10. The number of benzene rings is 1. The SMILES string of the molecule is C/C(CC(=O)NC12CC3CC(CC(C3)C1)C2)=N/NC(=O)c1ccc(Br)cc1. The number of halogens is 1. The summed E-state index contributed by atoms with van der Waals surface area (Å²) in [6, 6.07) is 7.07. The van der Waals surface area contributed by atoms with E-state index >= 15 is 0 Å². The summed E-state index contributed by atoms with van der Waals surface area (Å²) in [5.74, 6) is 2.16. The molecule has 4 aliphatic carbocycles. The number of hydrazone groups is 1. The van der Waals surface area contributed by atoms with Crippen LogP contribution < -0.4 is 10.7 Å². The molecule has 27 heavy (non-hydrogen) atoms. The number of rotatable bonds is 5. The number of carbonyl (C=O) groups is 2. The number of carbonyl (C=O) groups excluding carboxylic acids is 2. The van der Waals surface area contributed by atoms with Crippen LogP contribution in [0, 0.1) is 17.8 Å². The first kappa shape index (κ1) is 18.7. The molecule has 4 fully saturated rings. The molecule has 0 heterocycles. The summed E-state index contributed by atoms with van der Waals surface area (Å²) in [6.07, 6.45) is 7.72. The molecular formula is C21H26BrN3O2. The zero-order valence-electron chi connectivity index (χ0n) is 15.6. The van der Waals surface area contributed by atoms with Gasteiger partial charge in [0.1, 0.15) is 0 Å². The van der Waals surface area contributed by atoms with E-state index in [9.17, 15) is 9.59 Å². The molecule has 4 saturated carbocycles. The Morgan fingerprint density at radius 1 is 1.07 bits per heavy atom. The van der Waals surface area contributed by atoms with Crippen LogP contribution in [-0.2, 0) is 4.79 Å². The number of hydrogen-bond donors (Lipinski definition) is 2. The highest BCUT2D eigenvalue weighted by molar-refractivity contribution is 9.10. The molecule has 0 aliphatic heterocycles. The second-order valence-electron chi connectivity index (χ2n) is 8.72. The van der Waals surface area contributed by atoms with Crippen LogP contribution >= 0.6 is 15.9 Å². The van der Waals surface area contributed by atoms with Crippen molar-refractivity contribution in [3.05, 3.63) is 34.3 Å². The van der Waals surface area contributed by atoms with E-state index in [0.717, 1.165) is 41.5 Å². The van der Waals surface area contributed by atoms with Gasteiger partial charge in [-0.1, -0.05) is 15.9 Å². The van der Waals surface area contributed by atoms with Crippen molar-refractivity contribution in [2.75, 3.05) is 0 Å². The van der Waals surface area contributed by atoms with Crippen LogP contribution in [0.2, 0.25) is 0 Å². The highest BCUT2D eigenvalue weighted by Gasteiger charge is 2.51. The molecule has 0 spiro atoms. The maximum absolute atomic E-state index is 12.6. The molecular weight excluding hydrogens is 406 g/mol. The summed E-state index contributed by atoms with van der Waals surface area (Å²) < 4.78 is 0.917. The van der Waals surface area contributed by atoms with E-state index in [1.54, 1.807) is 19.1 Å². The van der Waals surface area contributed by atoms with Crippen LogP contribution in [0.15, 0.2) is 33.8 Å². The predicted octanol–water partition coefficient (Wildman–Crippen LogP) is 4.03. The molecule has 0 saturated heterocycles. The van der Waals surface area contributed by atoms with E-state index in [1.165, 1.54) is 19.3 Å². The lowest BCUT2D eigenvalue weighted by molar-refractivity contribution is -0.125. The number of nitrogens with zero attached hydrogens (tertiary/aromatic N) is 1. The summed E-state index contributed by atoms with van der Waals surface area (Å²) >= 11 is 3.35. The van der Waals surface area contributed by atoms with E-state index in [-0.39, 0.29) is 23.8 Å². The number of nitrogens with one attached hydrogen (secondary N) is 2. The van der Waals surface area contributed by atoms with Gasteiger partial charge in [-0.05, 0) is 87.5 Å². The third-order valence-corrected chi connectivity index (χ3v) is 6.84. The molecule has 4 aliphatic rings. The van der Waals surface area contributed by atoms with Gasteiger partial charge in [-0.25, -0.2) is 5.43 Å². The molecule has 0 aromatic heterocycles. The van der Waals surface area contributed by atoms with Crippen LogP contribution in [0.3, 0.4) is 0 Å². The normalized spacial score (nSPS) is 31.6. The Morgan fingerprint density at radius 2 is 1.63 bits per heavy atom. The molecule has 2 amide bonds. The molecule has 5 rings (SSSR count). The van der Waals surface area contributed by atoms with Crippen molar-refractivity contribution in [1.29, 1.82) is 0 Å². The maximum Gasteiger partial charge on any atom is 0.271 e. The van der Waals surface area contributed by atoms with Crippen molar-refractivity contribution < 1.29 is 9.59 Å². The van der Waals surface area contributed by atoms with Crippen LogP contribution in [0.5, 0.6) is 0 Å². The van der Waals surface area contributed by atoms with Crippen molar-refractivity contribution in [3.63, 3.8) is 0 Å². The van der Waals surface area contributed by atoms with Gasteiger partial charge < -0.3 is 5.32 Å². The van der Waals surface area contributed by atoms with Gasteiger partial charge in [-0.2, -0.15) is 5.10 Å². The molecule has 5 nitrogen and oxygen atoms in total. The Morgan fingerprint density at radius 3 is 2.19 bits per heavy atom. The zero-order valence-corrected chi connectivity index (χ0v) is 17.2. The fourth-order valence-corrected chi connectivity index (χ4v) is 5.95. The first-order valence-electron chi connectivity index (χ1n) is 9.81. The van der Waals surface area contributed by atoms with E-state index in [0.29, 0.717) is 11.3 Å². The Hall–Kier alpha value is -1.69. The first-order chi connectivity index (χ1) is 12.9. The smallest absolute Gasteiger partial charge is 0.271 e. The van der Waals surface area contributed by atoms with Crippen molar-refractivity contribution in [2.45, 2.75) is 57.4 Å². The highest BCUT2D eigenvalue weighted by atomic mass is 79.9. The fraction of sp³-hybridized carbons (Fsp3) is 0.571. The molecule has 1 aromatic carbocycles. The monoisotopic (exact) mass is 431 g/mol. The van der Waals surface area contributed by atoms with Gasteiger partial charge in [0, 0.05) is 21.3 Å².